The third kappa shape index (κ3) is 34.3. The number of aliphatic hydroxyl groups excluding tert-OH is 2. The summed E-state index contributed by atoms with van der Waals surface area (Å²) in [5.41, 5.74) is -0.334. The molecule has 23 atom stereocenters. The van der Waals surface area contributed by atoms with Gasteiger partial charge in [-0.3, -0.25) is 43.2 Å². The summed E-state index contributed by atoms with van der Waals surface area (Å²) in [6, 6.07) is 1.75. The first-order valence-electron chi connectivity index (χ1n) is 38.9. The first-order chi connectivity index (χ1) is 51.1. The zero-order chi connectivity index (χ0) is 87.2. The molecule has 0 bridgehead atoms. The molecule has 16 nitrogen and oxygen atoms in total. The Balaban J connectivity index is -0.00000125. The summed E-state index contributed by atoms with van der Waals surface area (Å²) >= 11 is 18.8. The Morgan fingerprint density at radius 2 is 0.694 bits per heavy atom. The average Bonchev–Trinajstić information content (AvgIpc) is 1.58. The summed E-state index contributed by atoms with van der Waals surface area (Å²) in [4.78, 5) is 107. The summed E-state index contributed by atoms with van der Waals surface area (Å²) in [6.45, 7) is 54.5. The van der Waals surface area contributed by atoms with Crippen LogP contribution in [0.1, 0.15) is 226 Å². The topological polar surface area (TPSA) is 258 Å². The summed E-state index contributed by atoms with van der Waals surface area (Å²) in [7, 11) is 3.75. The van der Waals surface area contributed by atoms with Crippen LogP contribution in [-0.4, -0.2) is 136 Å². The fraction of sp³-hybridized carbons (Fsp3) is 0.724. The standard InChI is InChI=1S/2C15H23IO3.C15H22O3.2C13H21IO2.C13H20O2.C2H3N.CH2Cl2.BH.U/c2*1-6-7-12(18)13-9(2)14(19-10(3)17)11(16)8-15(13,4)5;1-6-7-12(17)14-10(2)13(18-11(3)16)8-9-15(14,4)5;2*1-5-6-10(15)11-8(2)12(16)9(14)7-13(11,3)4;1-5-6-9(14)11-8(2)12-10(15-12)7-13(11,3)4;1-2-3;2-1-3;;/h2*6-7,9,11,13-14H,8H2,1-5H3;6-10,13-14H,1-5H3;2*5-6,8-9,11-12,16H,7H2,1-4H3;5-6,8,10-12H,7H2,1-4H3;1H3;1H2;1H;/b3*7-6+;3*6-5+;;;;/i;;;;;;;;1D;. The van der Waals surface area contributed by atoms with Crippen LogP contribution in [0.5, 0.6) is 0 Å². The van der Waals surface area contributed by atoms with Gasteiger partial charge in [-0.25, -0.2) is 0 Å². The number of carbonyl (C=O) groups is 9. The van der Waals surface area contributed by atoms with Gasteiger partial charge in [0.05, 0.1) is 35.8 Å². The maximum absolute atomic E-state index is 12.3. The average molecular weight is 2260 g/mol. The molecule has 0 spiro atoms. The van der Waals surface area contributed by atoms with Crippen molar-refractivity contribution in [3.05, 3.63) is 85.1 Å². The predicted octanol–water partition coefficient (Wildman–Crippen LogP) is 19.9. The molecule has 0 aromatic carbocycles. The maximum Gasteiger partial charge on any atom is 0.303 e. The van der Waals surface area contributed by atoms with Crippen LogP contribution in [0.25, 0.3) is 0 Å². The van der Waals surface area contributed by atoms with Crippen LogP contribution in [-0.2, 0) is 62.1 Å². The van der Waals surface area contributed by atoms with Crippen LogP contribution in [0.2, 0.25) is 0 Å². The van der Waals surface area contributed by atoms with Crippen molar-refractivity contribution in [3.63, 3.8) is 0 Å². The number of halogens is 6. The molecule has 7 aliphatic rings. The van der Waals surface area contributed by atoms with E-state index in [0.29, 0.717) is 18.1 Å². The third-order valence-electron chi connectivity index (χ3n) is 22.5. The number of nitriles is 1. The quantitative estimate of drug-likeness (QED) is 0.0226. The summed E-state index contributed by atoms with van der Waals surface area (Å²) in [6.07, 6.45) is 28.4. The molecule has 7 rings (SSSR count). The van der Waals surface area contributed by atoms with Crippen molar-refractivity contribution >= 4 is 175 Å². The summed E-state index contributed by atoms with van der Waals surface area (Å²) < 4.78 is 28.0. The van der Waals surface area contributed by atoms with Gasteiger partial charge in [-0.15, -0.1) is 23.2 Å². The van der Waals surface area contributed by atoms with E-state index < -0.39 is 0 Å². The molecule has 6 aliphatic carbocycles. The Labute approximate surface area is 760 Å². The van der Waals surface area contributed by atoms with Crippen LogP contribution in [0.3, 0.4) is 0 Å². The van der Waals surface area contributed by atoms with Gasteiger partial charge in [-0.2, -0.15) is 5.26 Å². The number of ketones is 6. The molecular weight excluding hydrogens is 2130 g/mol. The van der Waals surface area contributed by atoms with Crippen molar-refractivity contribution in [1.82, 2.24) is 0 Å². The number of hydrogen-bond donors (Lipinski definition) is 2. The van der Waals surface area contributed by atoms with Crippen LogP contribution in [0.4, 0.5) is 0 Å². The second-order valence-corrected chi connectivity index (χ2v) is 41.5. The van der Waals surface area contributed by atoms with E-state index in [4.69, 9.17) is 48.7 Å². The van der Waals surface area contributed by atoms with E-state index >= 15 is 0 Å². The predicted molar refractivity (Wildman–Crippen MR) is 483 cm³/mol. The Morgan fingerprint density at radius 3 is 0.955 bits per heavy atom. The molecule has 1 saturated heterocycles. The SMILES string of the molecule is C/C=C/C(=O)C1C(C)C(O)C(I)CC1(C)C.C/C=C/C(=O)C1C(C)C(O)C(I)CC1(C)C.C/C=C/C(=O)C1C(C)C(OC(C)=O)C(I)CC1(C)C.C/C=C/C(=O)C1C(C)C(OC(C)=O)C(I)CC1(C)C.C/C=C/C(=O)C1C(C)C(OC(C)=O)C=CC1(C)C.C/C=C/C(=O)C1C(C)C2OC2CC1(C)C.CC#N.ClCCl.[2H][B].[U]. The second-order valence-electron chi connectivity index (χ2n) is 34.3. The molecule has 2 radical (unpaired) electrons. The minimum Gasteiger partial charge on any atom is -0.461 e. The number of aliphatic hydroxyl groups is 2. The molecule has 0 amide bonds. The first-order valence-corrected chi connectivity index (χ1v) is 44.4. The van der Waals surface area contributed by atoms with Crippen molar-refractivity contribution < 1.29 is 103 Å². The molecule has 23 unspecified atom stereocenters. The van der Waals surface area contributed by atoms with E-state index in [-0.39, 0.29) is 233 Å². The van der Waals surface area contributed by atoms with Crippen molar-refractivity contribution in [3.8, 4) is 6.07 Å². The molecule has 628 valence electrons. The number of rotatable bonds is 15. The van der Waals surface area contributed by atoms with Crippen LogP contribution in [0, 0.1) is 146 Å². The van der Waals surface area contributed by atoms with E-state index in [1.54, 1.807) is 72.9 Å². The van der Waals surface area contributed by atoms with Crippen molar-refractivity contribution in [2.45, 2.75) is 284 Å². The van der Waals surface area contributed by atoms with Crippen molar-refractivity contribution in [2.75, 3.05) is 5.34 Å². The van der Waals surface area contributed by atoms with Gasteiger partial charge < -0.3 is 29.2 Å². The number of esters is 3. The fourth-order valence-electron chi connectivity index (χ4n) is 18.3. The Kier molecular flexibility index (Phi) is 52.2. The third-order valence-corrected chi connectivity index (χ3v) is 27.1. The van der Waals surface area contributed by atoms with E-state index in [2.05, 4.69) is 175 Å². The molecule has 1 aliphatic heterocycles. The second kappa shape index (κ2) is 51.9. The number of alkyl halides is 6. The fourth-order valence-corrected chi connectivity index (χ4v) is 25.7. The number of ether oxygens (including phenoxy) is 4. The van der Waals surface area contributed by atoms with Gasteiger partial charge in [0.1, 0.15) is 18.3 Å². The van der Waals surface area contributed by atoms with E-state index in [1.807, 2.05) is 108 Å². The van der Waals surface area contributed by atoms with Gasteiger partial charge in [-0.1, -0.05) is 258 Å². The van der Waals surface area contributed by atoms with Crippen LogP contribution in [0.15, 0.2) is 85.1 Å². The Hall–Kier alpha value is -1.40. The van der Waals surface area contributed by atoms with E-state index in [9.17, 15) is 53.4 Å². The number of epoxide rings is 1. The minimum absolute atomic E-state index is 0. The molecule has 1 heterocycles. The zero-order valence-corrected chi connectivity index (χ0v) is 85.9. The number of fused-ring (bicyclic) bond motifs is 1. The van der Waals surface area contributed by atoms with Gasteiger partial charge in [-0.05, 0) is 168 Å². The molecule has 2 N–H and O–H groups in total. The zero-order valence-electron chi connectivity index (χ0n) is 72.6. The number of carbonyl (C=O) groups excluding carboxylic acids is 9. The Morgan fingerprint density at radius 1 is 0.459 bits per heavy atom. The van der Waals surface area contributed by atoms with Crippen LogP contribution < -0.4 is 0 Å². The van der Waals surface area contributed by atoms with Gasteiger partial charge in [0.15, 0.2) is 34.7 Å². The molecular formula is C87H136BCl2I4NO15U. The number of hydrogen-bond acceptors (Lipinski definition) is 16. The molecule has 111 heavy (non-hydrogen) atoms. The number of nitrogens with zero attached hydrogens (tertiary/aromatic N) is 1. The van der Waals surface area contributed by atoms with Crippen molar-refractivity contribution in [2.24, 2.45) is 104 Å². The molecule has 6 fully saturated rings. The van der Waals surface area contributed by atoms with Crippen molar-refractivity contribution in [1.29, 1.82) is 6.60 Å². The smallest absolute Gasteiger partial charge is 0.303 e. The normalized spacial score (nSPS) is 33.9. The molecule has 0 aromatic heterocycles. The molecule has 0 aromatic rings. The largest absolute Gasteiger partial charge is 0.461 e. The van der Waals surface area contributed by atoms with Gasteiger partial charge >= 0.3 is 17.9 Å². The van der Waals surface area contributed by atoms with Gasteiger partial charge in [0.25, 0.3) is 0 Å². The minimum atomic E-state index is -0.368. The number of allylic oxidation sites excluding steroid dienone is 13. The van der Waals surface area contributed by atoms with Gasteiger partial charge in [0, 0.05) is 136 Å². The van der Waals surface area contributed by atoms with Gasteiger partial charge in [0.2, 0.25) is 0 Å². The summed E-state index contributed by atoms with van der Waals surface area (Å²) in [5.74, 6) is 0.235. The van der Waals surface area contributed by atoms with E-state index in [1.165, 1.54) is 27.7 Å². The van der Waals surface area contributed by atoms with E-state index in [0.717, 1.165) is 32.1 Å². The Bertz CT molecular complexity index is 3140. The van der Waals surface area contributed by atoms with Crippen LogP contribution >= 0.6 is 114 Å². The maximum atomic E-state index is 12.3. The molecule has 24 heteroatoms. The monoisotopic (exact) mass is 2260 g/mol. The molecule has 5 saturated carbocycles. The summed E-state index contributed by atoms with van der Waals surface area (Å²) in [5, 5.41) is 27.7. The first kappa shape index (κ1) is 112.